The van der Waals surface area contributed by atoms with Crippen LogP contribution in [0.5, 0.6) is 5.75 Å². The Hall–Kier alpha value is -3.99. The van der Waals surface area contributed by atoms with Crippen LogP contribution >= 0.6 is 0 Å². The van der Waals surface area contributed by atoms with E-state index in [1.54, 1.807) is 12.0 Å². The third kappa shape index (κ3) is 6.66. The molecule has 1 spiro atoms. The fourth-order valence-electron chi connectivity index (χ4n) is 8.44. The summed E-state index contributed by atoms with van der Waals surface area (Å²) in [6.07, 6.45) is 3.97. The Balaban J connectivity index is 1.40. The normalized spacial score (nSPS) is 23.9. The number of hydrogen-bond acceptors (Lipinski definition) is 6. The second-order valence-electron chi connectivity index (χ2n) is 14.3. The molecule has 3 aromatic carbocycles. The highest BCUT2D eigenvalue weighted by atomic mass is 28.3. The number of aliphatic hydroxyl groups is 1. The van der Waals surface area contributed by atoms with Gasteiger partial charge >= 0.3 is 0 Å². The minimum Gasteiger partial charge on any atom is -0.497 e. The number of amides is 3. The van der Waals surface area contributed by atoms with Crippen LogP contribution < -0.4 is 20.1 Å². The van der Waals surface area contributed by atoms with Crippen LogP contribution in [0.4, 0.5) is 11.4 Å². The van der Waals surface area contributed by atoms with E-state index in [9.17, 15) is 19.5 Å². The Labute approximate surface area is 290 Å². The van der Waals surface area contributed by atoms with E-state index >= 15 is 0 Å². The third-order valence-electron chi connectivity index (χ3n) is 11.0. The van der Waals surface area contributed by atoms with Crippen LogP contribution in [0.25, 0.3) is 0 Å². The van der Waals surface area contributed by atoms with Crippen molar-refractivity contribution in [2.75, 3.05) is 37.0 Å². The van der Waals surface area contributed by atoms with Gasteiger partial charge in [-0.2, -0.15) is 0 Å². The molecule has 2 fully saturated rings. The monoisotopic (exact) mass is 683 g/mol. The van der Waals surface area contributed by atoms with Gasteiger partial charge in [0.05, 0.1) is 34.3 Å². The van der Waals surface area contributed by atoms with Crippen LogP contribution in [0, 0.1) is 5.92 Å². The van der Waals surface area contributed by atoms with Crippen LogP contribution in [0.2, 0.25) is 18.6 Å². The molecule has 260 valence electrons. The summed E-state index contributed by atoms with van der Waals surface area (Å²) in [5.41, 5.74) is 1.71. The lowest BCUT2D eigenvalue weighted by Crippen LogP contribution is -2.52. The molecule has 0 aliphatic carbocycles. The molecule has 3 aliphatic rings. The minimum atomic E-state index is -2.46. The van der Waals surface area contributed by atoms with Crippen LogP contribution in [-0.4, -0.2) is 68.7 Å². The average molecular weight is 684 g/mol. The lowest BCUT2D eigenvalue weighted by atomic mass is 9.82. The fraction of sp³-hybridized carbons (Fsp3) is 0.462. The van der Waals surface area contributed by atoms with Crippen molar-refractivity contribution in [3.05, 3.63) is 83.9 Å². The van der Waals surface area contributed by atoms with Crippen molar-refractivity contribution < 1.29 is 29.0 Å². The Morgan fingerprint density at radius 2 is 1.78 bits per heavy atom. The maximum Gasteiger partial charge on any atom is 0.261 e. The molecule has 0 bridgehead atoms. The highest BCUT2D eigenvalue weighted by Gasteiger charge is 2.65. The number of aliphatic hydroxyl groups excluding tert-OH is 1. The van der Waals surface area contributed by atoms with Crippen LogP contribution in [0.1, 0.15) is 56.6 Å². The number of carbonyl (C=O) groups is 3. The third-order valence-corrected chi connectivity index (χ3v) is 15.4. The number of carbonyl (C=O) groups excluding carboxylic acids is 3. The smallest absolute Gasteiger partial charge is 0.261 e. The summed E-state index contributed by atoms with van der Waals surface area (Å²) < 4.78 is 12.5. The highest BCUT2D eigenvalue weighted by Crippen LogP contribution is 2.59. The van der Waals surface area contributed by atoms with Gasteiger partial charge < -0.3 is 29.7 Å². The molecule has 0 aromatic heterocycles. The van der Waals surface area contributed by atoms with Crippen molar-refractivity contribution >= 4 is 42.4 Å². The Morgan fingerprint density at radius 3 is 2.49 bits per heavy atom. The van der Waals surface area contributed by atoms with E-state index in [1.807, 2.05) is 65.6 Å². The van der Waals surface area contributed by atoms with E-state index in [-0.39, 0.29) is 48.8 Å². The zero-order valence-corrected chi connectivity index (χ0v) is 30.1. The number of ether oxygens (including phenoxy) is 2. The number of fused-ring (bicyclic) bond motifs is 2. The van der Waals surface area contributed by atoms with Gasteiger partial charge in [0.25, 0.3) is 5.91 Å². The molecule has 2 saturated heterocycles. The molecule has 3 amide bonds. The van der Waals surface area contributed by atoms with Crippen molar-refractivity contribution in [2.45, 2.75) is 82.3 Å². The lowest BCUT2D eigenvalue weighted by molar-refractivity contribution is -0.148. The molecular weight excluding hydrogens is 635 g/mol. The molecule has 3 heterocycles. The summed E-state index contributed by atoms with van der Waals surface area (Å²) in [4.78, 5) is 45.3. The van der Waals surface area contributed by atoms with Crippen LogP contribution in [-0.2, 0) is 31.3 Å². The number of methoxy groups -OCH3 is 1. The van der Waals surface area contributed by atoms with E-state index in [0.29, 0.717) is 25.2 Å². The second-order valence-corrected chi connectivity index (χ2v) is 19.0. The highest BCUT2D eigenvalue weighted by molar-refractivity contribution is 6.91. The van der Waals surface area contributed by atoms with Crippen molar-refractivity contribution in [3.63, 3.8) is 0 Å². The summed E-state index contributed by atoms with van der Waals surface area (Å²) >= 11 is 0. The molecule has 4 atom stereocenters. The Kier molecular flexibility index (Phi) is 10.3. The molecular formula is C39H49N3O6Si. The number of anilines is 2. The standard InChI is InChI=1S/C39H49N3O6Si/c1-27-37(49(3,4)31-18-16-30(47-2)17-19-31)34(25-36(45)41(22-23-43)26-28-12-8-7-9-13-28)48-39(27)32-24-29(15-20-33(32)40-38(39)46)42-21-11-6-5-10-14-35(42)44/h7-9,12-13,15-20,24,27,34,37,43H,5-6,10-11,14,21-23,25-26H2,1-4H3,(H,40,46)/t27-,34+,37-,39+/m0/s1. The Morgan fingerprint density at radius 1 is 1.04 bits per heavy atom. The first-order chi connectivity index (χ1) is 23.6. The zero-order chi connectivity index (χ0) is 34.8. The first kappa shape index (κ1) is 34.9. The summed E-state index contributed by atoms with van der Waals surface area (Å²) in [6, 6.07) is 23.7. The molecule has 9 nitrogen and oxygen atoms in total. The predicted octanol–water partition coefficient (Wildman–Crippen LogP) is 5.57. The molecule has 3 aromatic rings. The SMILES string of the molecule is COc1ccc([Si](C)(C)[C@@H]2[C@@H](CC(=O)N(CCO)Cc3ccccc3)O[C@]3(C(=O)Nc4ccc(N5CCCCCCC5=O)cc43)[C@H]2C)cc1. The number of rotatable bonds is 10. The summed E-state index contributed by atoms with van der Waals surface area (Å²) in [5, 5.41) is 14.2. The lowest BCUT2D eigenvalue weighted by Gasteiger charge is -2.37. The number of hydrogen-bond donors (Lipinski definition) is 2. The first-order valence-corrected chi connectivity index (χ1v) is 20.7. The van der Waals surface area contributed by atoms with Crippen molar-refractivity contribution in [2.24, 2.45) is 5.92 Å². The number of nitrogens with zero attached hydrogens (tertiary/aromatic N) is 2. The molecule has 0 saturated carbocycles. The molecule has 49 heavy (non-hydrogen) atoms. The van der Waals surface area contributed by atoms with E-state index in [2.05, 4.69) is 37.5 Å². The largest absolute Gasteiger partial charge is 0.497 e. The van der Waals surface area contributed by atoms with E-state index in [0.717, 1.165) is 48.2 Å². The van der Waals surface area contributed by atoms with E-state index < -0.39 is 19.8 Å². The van der Waals surface area contributed by atoms with Gasteiger partial charge in [0.15, 0.2) is 5.60 Å². The number of nitrogens with one attached hydrogen (secondary N) is 1. The van der Waals surface area contributed by atoms with Crippen molar-refractivity contribution in [1.29, 1.82) is 0 Å². The van der Waals surface area contributed by atoms with Crippen molar-refractivity contribution in [1.82, 2.24) is 4.90 Å². The van der Waals surface area contributed by atoms with Crippen molar-refractivity contribution in [3.8, 4) is 5.75 Å². The Bertz CT molecular complexity index is 1660. The zero-order valence-electron chi connectivity index (χ0n) is 29.1. The molecule has 2 N–H and O–H groups in total. The van der Waals surface area contributed by atoms with Gasteiger partial charge in [-0.3, -0.25) is 14.4 Å². The maximum atomic E-state index is 14.3. The summed E-state index contributed by atoms with van der Waals surface area (Å²) in [7, 11) is -0.814. The van der Waals surface area contributed by atoms with Gasteiger partial charge in [0.2, 0.25) is 11.8 Å². The van der Waals surface area contributed by atoms with Gasteiger partial charge in [-0.05, 0) is 54.3 Å². The molecule has 3 aliphatic heterocycles. The van der Waals surface area contributed by atoms with Gasteiger partial charge in [0.1, 0.15) is 5.75 Å². The number of benzene rings is 3. The topological polar surface area (TPSA) is 108 Å². The first-order valence-electron chi connectivity index (χ1n) is 17.6. The average Bonchev–Trinajstić information content (AvgIpc) is 3.55. The minimum absolute atomic E-state index is 0.0725. The maximum absolute atomic E-state index is 14.3. The fourth-order valence-corrected chi connectivity index (χ4v) is 12.4. The molecule has 0 unspecified atom stereocenters. The summed E-state index contributed by atoms with van der Waals surface area (Å²) in [5.74, 6) is 0.220. The van der Waals surface area contributed by atoms with E-state index in [4.69, 9.17) is 9.47 Å². The summed E-state index contributed by atoms with van der Waals surface area (Å²) in [6.45, 7) is 7.71. The second kappa shape index (κ2) is 14.5. The van der Waals surface area contributed by atoms with Crippen LogP contribution in [0.15, 0.2) is 72.8 Å². The van der Waals surface area contributed by atoms with E-state index in [1.165, 1.54) is 5.19 Å². The van der Waals surface area contributed by atoms with Crippen LogP contribution in [0.3, 0.4) is 0 Å². The van der Waals surface area contributed by atoms with Gasteiger partial charge in [-0.15, -0.1) is 0 Å². The van der Waals surface area contributed by atoms with Gasteiger partial charge in [0, 0.05) is 48.9 Å². The predicted molar refractivity (Wildman–Crippen MR) is 194 cm³/mol. The molecule has 10 heteroatoms. The van der Waals surface area contributed by atoms with Gasteiger partial charge in [-0.1, -0.05) is 80.5 Å². The quantitative estimate of drug-likeness (QED) is 0.271. The molecule has 6 rings (SSSR count). The van der Waals surface area contributed by atoms with Gasteiger partial charge in [-0.25, -0.2) is 0 Å². The molecule has 0 radical (unpaired) electrons.